The van der Waals surface area contributed by atoms with Gasteiger partial charge in [0.1, 0.15) is 6.07 Å². The zero-order valence-electron chi connectivity index (χ0n) is 8.64. The molecule has 0 atom stereocenters. The molecule has 76 valence electrons. The molecule has 0 unspecified atom stereocenters. The van der Waals surface area contributed by atoms with Crippen LogP contribution >= 0.6 is 0 Å². The van der Waals surface area contributed by atoms with E-state index in [0.717, 1.165) is 19.5 Å². The van der Waals surface area contributed by atoms with Gasteiger partial charge < -0.3 is 4.90 Å². The minimum atomic E-state index is 0.408. The number of rotatable bonds is 1. The summed E-state index contributed by atoms with van der Waals surface area (Å²) < 4.78 is 0. The third kappa shape index (κ3) is 1.96. The molecule has 0 radical (unpaired) electrons. The van der Waals surface area contributed by atoms with E-state index in [1.54, 1.807) is 12.4 Å². The monoisotopic (exact) mass is 200 g/mol. The number of nitriles is 1. The lowest BCUT2D eigenvalue weighted by molar-refractivity contribution is 0.770. The predicted octanol–water partition coefficient (Wildman–Crippen LogP) is 1.50. The molecule has 1 aromatic heterocycles. The van der Waals surface area contributed by atoms with E-state index in [1.165, 1.54) is 5.57 Å². The highest BCUT2D eigenvalue weighted by Gasteiger charge is 2.15. The highest BCUT2D eigenvalue weighted by Crippen LogP contribution is 2.18. The number of anilines is 1. The summed E-state index contributed by atoms with van der Waals surface area (Å²) in [6.45, 7) is 3.86. The third-order valence-corrected chi connectivity index (χ3v) is 2.52. The molecule has 4 heteroatoms. The van der Waals surface area contributed by atoms with Crippen molar-refractivity contribution in [2.75, 3.05) is 18.0 Å². The van der Waals surface area contributed by atoms with Crippen LogP contribution in [-0.4, -0.2) is 23.1 Å². The Labute approximate surface area is 88.9 Å². The standard InChI is InChI=1S/C11H12N4/c1-9-2-6-15(7-3-9)11-10(8-12)13-4-5-14-11/h2,4-5H,3,6-7H2,1H3. The summed E-state index contributed by atoms with van der Waals surface area (Å²) >= 11 is 0. The van der Waals surface area contributed by atoms with Crippen LogP contribution in [0.25, 0.3) is 0 Å². The molecule has 1 aliphatic rings. The molecule has 0 spiro atoms. The van der Waals surface area contributed by atoms with Gasteiger partial charge in [0.25, 0.3) is 0 Å². The summed E-state index contributed by atoms with van der Waals surface area (Å²) in [5.41, 5.74) is 1.80. The molecule has 2 heterocycles. The van der Waals surface area contributed by atoms with E-state index in [1.807, 2.05) is 0 Å². The van der Waals surface area contributed by atoms with E-state index in [2.05, 4.69) is 33.9 Å². The zero-order valence-corrected chi connectivity index (χ0v) is 8.64. The first-order valence-electron chi connectivity index (χ1n) is 4.93. The second kappa shape index (κ2) is 4.09. The minimum absolute atomic E-state index is 0.408. The second-order valence-corrected chi connectivity index (χ2v) is 3.59. The van der Waals surface area contributed by atoms with Gasteiger partial charge in [-0.1, -0.05) is 11.6 Å². The zero-order chi connectivity index (χ0) is 10.7. The Bertz CT molecular complexity index is 430. The molecular formula is C11H12N4. The fourth-order valence-electron chi connectivity index (χ4n) is 1.60. The molecule has 0 saturated heterocycles. The summed E-state index contributed by atoms with van der Waals surface area (Å²) in [5.74, 6) is 0.698. The largest absolute Gasteiger partial charge is 0.350 e. The molecule has 0 saturated carbocycles. The molecule has 4 nitrogen and oxygen atoms in total. The Morgan fingerprint density at radius 2 is 2.20 bits per heavy atom. The molecule has 2 rings (SSSR count). The van der Waals surface area contributed by atoms with Crippen molar-refractivity contribution in [1.82, 2.24) is 9.97 Å². The maximum atomic E-state index is 8.91. The first-order chi connectivity index (χ1) is 7.31. The average Bonchev–Trinajstić information content (AvgIpc) is 2.30. The van der Waals surface area contributed by atoms with Gasteiger partial charge in [0.2, 0.25) is 0 Å². The van der Waals surface area contributed by atoms with Crippen LogP contribution in [0.1, 0.15) is 19.0 Å². The molecule has 1 aromatic rings. The summed E-state index contributed by atoms with van der Waals surface area (Å²) in [6, 6.07) is 2.07. The average molecular weight is 200 g/mol. The molecule has 0 bridgehead atoms. The van der Waals surface area contributed by atoms with Gasteiger partial charge in [-0.2, -0.15) is 5.26 Å². The van der Waals surface area contributed by atoms with Crippen molar-refractivity contribution >= 4 is 5.82 Å². The van der Waals surface area contributed by atoms with Crippen LogP contribution in [0.15, 0.2) is 24.0 Å². The van der Waals surface area contributed by atoms with Crippen molar-refractivity contribution in [2.24, 2.45) is 0 Å². The van der Waals surface area contributed by atoms with Crippen LogP contribution < -0.4 is 4.90 Å². The van der Waals surface area contributed by atoms with Crippen molar-refractivity contribution in [1.29, 1.82) is 5.26 Å². The van der Waals surface area contributed by atoms with Gasteiger partial charge in [0.05, 0.1) is 0 Å². The Balaban J connectivity index is 2.27. The Hall–Kier alpha value is -1.89. The molecular weight excluding hydrogens is 188 g/mol. The molecule has 0 N–H and O–H groups in total. The summed E-state index contributed by atoms with van der Waals surface area (Å²) in [4.78, 5) is 10.3. The number of hydrogen-bond acceptors (Lipinski definition) is 4. The number of hydrogen-bond donors (Lipinski definition) is 0. The number of aromatic nitrogens is 2. The van der Waals surface area contributed by atoms with Crippen LogP contribution in [-0.2, 0) is 0 Å². The summed E-state index contributed by atoms with van der Waals surface area (Å²) in [7, 11) is 0. The summed E-state index contributed by atoms with van der Waals surface area (Å²) in [6.07, 6.45) is 6.37. The fraction of sp³-hybridized carbons (Fsp3) is 0.364. The molecule has 0 aromatic carbocycles. The van der Waals surface area contributed by atoms with Gasteiger partial charge in [-0.05, 0) is 13.3 Å². The summed E-state index contributed by atoms with van der Waals surface area (Å²) in [5, 5.41) is 8.91. The van der Waals surface area contributed by atoms with E-state index >= 15 is 0 Å². The molecule has 0 fully saturated rings. The fourth-order valence-corrected chi connectivity index (χ4v) is 1.60. The van der Waals surface area contributed by atoms with E-state index in [4.69, 9.17) is 5.26 Å². The van der Waals surface area contributed by atoms with Crippen LogP contribution in [0.2, 0.25) is 0 Å². The van der Waals surface area contributed by atoms with Crippen LogP contribution in [0.3, 0.4) is 0 Å². The van der Waals surface area contributed by atoms with Crippen molar-refractivity contribution in [2.45, 2.75) is 13.3 Å². The highest BCUT2D eigenvalue weighted by atomic mass is 15.2. The van der Waals surface area contributed by atoms with E-state index < -0.39 is 0 Å². The van der Waals surface area contributed by atoms with Crippen molar-refractivity contribution in [3.05, 3.63) is 29.7 Å². The SMILES string of the molecule is CC1=CCN(c2nccnc2C#N)CC1. The number of nitrogens with zero attached hydrogens (tertiary/aromatic N) is 4. The molecule has 0 aliphatic carbocycles. The Morgan fingerprint density at radius 1 is 1.40 bits per heavy atom. The minimum Gasteiger partial charge on any atom is -0.350 e. The maximum Gasteiger partial charge on any atom is 0.183 e. The van der Waals surface area contributed by atoms with Crippen LogP contribution in [0.5, 0.6) is 0 Å². The molecule has 0 amide bonds. The van der Waals surface area contributed by atoms with E-state index in [9.17, 15) is 0 Å². The first-order valence-corrected chi connectivity index (χ1v) is 4.93. The van der Waals surface area contributed by atoms with Gasteiger partial charge in [0.15, 0.2) is 11.5 Å². The maximum absolute atomic E-state index is 8.91. The lowest BCUT2D eigenvalue weighted by atomic mass is 10.1. The highest BCUT2D eigenvalue weighted by molar-refractivity contribution is 5.50. The molecule has 1 aliphatic heterocycles. The van der Waals surface area contributed by atoms with Crippen molar-refractivity contribution in [3.63, 3.8) is 0 Å². The van der Waals surface area contributed by atoms with Gasteiger partial charge in [0, 0.05) is 25.5 Å². The lowest BCUT2D eigenvalue weighted by Crippen LogP contribution is -2.29. The van der Waals surface area contributed by atoms with Gasteiger partial charge in [-0.15, -0.1) is 0 Å². The predicted molar refractivity (Wildman–Crippen MR) is 57.3 cm³/mol. The van der Waals surface area contributed by atoms with Crippen LogP contribution in [0, 0.1) is 11.3 Å². The Kier molecular flexibility index (Phi) is 2.64. The second-order valence-electron chi connectivity index (χ2n) is 3.59. The molecule has 15 heavy (non-hydrogen) atoms. The smallest absolute Gasteiger partial charge is 0.183 e. The Morgan fingerprint density at radius 3 is 2.87 bits per heavy atom. The van der Waals surface area contributed by atoms with Gasteiger partial charge in [-0.3, -0.25) is 0 Å². The lowest BCUT2D eigenvalue weighted by Gasteiger charge is -2.26. The van der Waals surface area contributed by atoms with Gasteiger partial charge in [-0.25, -0.2) is 9.97 Å². The van der Waals surface area contributed by atoms with Crippen LogP contribution in [0.4, 0.5) is 5.82 Å². The normalized spacial score (nSPS) is 15.7. The van der Waals surface area contributed by atoms with Crippen molar-refractivity contribution in [3.8, 4) is 6.07 Å². The first kappa shape index (κ1) is 9.66. The quantitative estimate of drug-likeness (QED) is 0.645. The van der Waals surface area contributed by atoms with E-state index in [0.29, 0.717) is 11.5 Å². The topological polar surface area (TPSA) is 52.8 Å². The van der Waals surface area contributed by atoms with Gasteiger partial charge >= 0.3 is 0 Å². The van der Waals surface area contributed by atoms with E-state index in [-0.39, 0.29) is 0 Å². The van der Waals surface area contributed by atoms with Crippen molar-refractivity contribution < 1.29 is 0 Å². The third-order valence-electron chi connectivity index (χ3n) is 2.52.